The standard InChI is InChI=1S/C21H32FN3O3S.C17H28FN3.C4H6O5/c1-21(2,3)9-11-25-19(28)16(13-17(26)27)29-20(25)14-7-6-8-15(22)18(14)23-10-12-24(4)5;1-17(2,3)9-10-19-13-14-7-6-8-15(18)16(14)20-11-12-21(4)5;5-2(4(8)9)1-3(6)7/h6-8,16,20,23H,9-13H2,1-5H3,(H,26,27);6-8,13,20H,9-12H2,1-5H3;2,5H,1H2,(H,6,7)(H,8,9)/t16-,20?;;2-/m0.0/s1. The van der Waals surface area contributed by atoms with Gasteiger partial charge < -0.3 is 45.8 Å². The van der Waals surface area contributed by atoms with E-state index in [0.29, 0.717) is 36.6 Å². The van der Waals surface area contributed by atoms with E-state index < -0.39 is 41.1 Å². The third kappa shape index (κ3) is 21.5. The zero-order chi connectivity index (χ0) is 45.1. The molecule has 17 heteroatoms. The number of aliphatic hydroxyl groups is 1. The van der Waals surface area contributed by atoms with E-state index in [2.05, 4.69) is 62.1 Å². The molecule has 1 saturated heterocycles. The highest BCUT2D eigenvalue weighted by molar-refractivity contribution is 8.01. The Bertz CT molecular complexity index is 1680. The number of para-hydroxylation sites is 2. The highest BCUT2D eigenvalue weighted by Crippen LogP contribution is 2.47. The van der Waals surface area contributed by atoms with Gasteiger partial charge in [0.15, 0.2) is 6.10 Å². The van der Waals surface area contributed by atoms with Crippen LogP contribution in [0.2, 0.25) is 0 Å². The molecule has 1 fully saturated rings. The van der Waals surface area contributed by atoms with Gasteiger partial charge in [-0.3, -0.25) is 19.4 Å². The number of hydrogen-bond acceptors (Lipinski definition) is 11. The van der Waals surface area contributed by atoms with E-state index in [1.165, 1.54) is 23.9 Å². The normalized spacial score (nSPS) is 16.1. The molecule has 2 aromatic carbocycles. The summed E-state index contributed by atoms with van der Waals surface area (Å²) < 4.78 is 28.6. The summed E-state index contributed by atoms with van der Waals surface area (Å²) >= 11 is 1.30. The van der Waals surface area contributed by atoms with Gasteiger partial charge in [0, 0.05) is 56.6 Å². The van der Waals surface area contributed by atoms with Crippen LogP contribution >= 0.6 is 11.8 Å². The average Bonchev–Trinajstić information content (AvgIpc) is 3.40. The minimum atomic E-state index is -1.79. The number of nitrogens with one attached hydrogen (secondary N) is 2. The molecule has 6 N–H and O–H groups in total. The molecule has 2 aromatic rings. The van der Waals surface area contributed by atoms with Crippen LogP contribution in [0.15, 0.2) is 41.4 Å². The van der Waals surface area contributed by atoms with Crippen molar-refractivity contribution in [3.63, 3.8) is 0 Å². The van der Waals surface area contributed by atoms with Crippen molar-refractivity contribution in [1.82, 2.24) is 14.7 Å². The summed E-state index contributed by atoms with van der Waals surface area (Å²) in [6.45, 7) is 17.0. The molecule has 0 bridgehead atoms. The zero-order valence-electron chi connectivity index (χ0n) is 36.2. The van der Waals surface area contributed by atoms with Crippen molar-refractivity contribution in [2.45, 2.75) is 84.0 Å². The lowest BCUT2D eigenvalue weighted by Gasteiger charge is -2.29. The summed E-state index contributed by atoms with van der Waals surface area (Å²) in [5.74, 6) is -4.63. The molecular formula is C42H66F2N6O8S. The maximum atomic E-state index is 14.7. The van der Waals surface area contributed by atoms with Crippen molar-refractivity contribution in [3.05, 3.63) is 59.2 Å². The Morgan fingerprint density at radius 3 is 1.85 bits per heavy atom. The predicted molar refractivity (Wildman–Crippen MR) is 231 cm³/mol. The molecule has 0 aliphatic carbocycles. The van der Waals surface area contributed by atoms with Crippen LogP contribution in [0.5, 0.6) is 0 Å². The fourth-order valence-corrected chi connectivity index (χ4v) is 6.70. The summed E-state index contributed by atoms with van der Waals surface area (Å²) in [6.07, 6.45) is 0.783. The highest BCUT2D eigenvalue weighted by Gasteiger charge is 2.43. The number of aliphatic hydroxyl groups excluding tert-OH is 1. The van der Waals surface area contributed by atoms with E-state index in [1.54, 1.807) is 23.2 Å². The summed E-state index contributed by atoms with van der Waals surface area (Å²) in [6, 6.07) is 9.94. The molecule has 1 heterocycles. The third-order valence-electron chi connectivity index (χ3n) is 8.55. The van der Waals surface area contributed by atoms with E-state index in [0.717, 1.165) is 38.0 Å². The summed E-state index contributed by atoms with van der Waals surface area (Å²) in [7, 11) is 7.89. The van der Waals surface area contributed by atoms with E-state index in [9.17, 15) is 33.1 Å². The van der Waals surface area contributed by atoms with Crippen molar-refractivity contribution in [3.8, 4) is 0 Å². The molecule has 59 heavy (non-hydrogen) atoms. The summed E-state index contributed by atoms with van der Waals surface area (Å²) in [5.41, 5.74) is 2.71. The first-order valence-electron chi connectivity index (χ1n) is 19.5. The first kappa shape index (κ1) is 52.7. The number of halogens is 2. The summed E-state index contributed by atoms with van der Waals surface area (Å²) in [5, 5.41) is 38.6. The number of thioether (sulfide) groups is 1. The second-order valence-electron chi connectivity index (χ2n) is 17.1. The van der Waals surface area contributed by atoms with Crippen LogP contribution in [-0.4, -0.2) is 144 Å². The Morgan fingerprint density at radius 2 is 1.37 bits per heavy atom. The zero-order valence-corrected chi connectivity index (χ0v) is 37.0. The topological polar surface area (TPSA) is 195 Å². The van der Waals surface area contributed by atoms with Crippen LogP contribution in [0, 0.1) is 22.5 Å². The molecular weight excluding hydrogens is 787 g/mol. The van der Waals surface area contributed by atoms with Gasteiger partial charge in [0.2, 0.25) is 5.91 Å². The molecule has 1 aliphatic heterocycles. The molecule has 1 amide bonds. The van der Waals surface area contributed by atoms with Gasteiger partial charge in [0.1, 0.15) is 17.0 Å². The van der Waals surface area contributed by atoms with Gasteiger partial charge >= 0.3 is 17.9 Å². The van der Waals surface area contributed by atoms with Gasteiger partial charge in [-0.1, -0.05) is 65.8 Å². The Balaban J connectivity index is 0.000000505. The summed E-state index contributed by atoms with van der Waals surface area (Å²) in [4.78, 5) is 53.8. The number of benzene rings is 2. The van der Waals surface area contributed by atoms with Crippen LogP contribution in [0.1, 0.15) is 83.7 Å². The molecule has 0 spiro atoms. The van der Waals surface area contributed by atoms with Crippen molar-refractivity contribution in [2.24, 2.45) is 15.8 Å². The fourth-order valence-electron chi connectivity index (χ4n) is 5.20. The molecule has 0 radical (unpaired) electrons. The maximum absolute atomic E-state index is 14.7. The number of carboxylic acids is 3. The smallest absolute Gasteiger partial charge is 0.333 e. The molecule has 0 aromatic heterocycles. The Hall–Kier alpha value is -4.32. The lowest BCUT2D eigenvalue weighted by molar-refractivity contribution is -0.152. The van der Waals surface area contributed by atoms with E-state index >= 15 is 0 Å². The minimum Gasteiger partial charge on any atom is -0.481 e. The van der Waals surface area contributed by atoms with Crippen molar-refractivity contribution >= 4 is 53.2 Å². The average molecular weight is 853 g/mol. The second kappa shape index (κ2) is 25.3. The predicted octanol–water partition coefficient (Wildman–Crippen LogP) is 6.21. The molecule has 0 saturated carbocycles. The van der Waals surface area contributed by atoms with E-state index in [1.807, 2.05) is 45.2 Å². The Labute approximate surface area is 352 Å². The highest BCUT2D eigenvalue weighted by atomic mass is 32.2. The first-order chi connectivity index (χ1) is 27.3. The van der Waals surface area contributed by atoms with Crippen molar-refractivity contribution in [2.75, 3.05) is 78.1 Å². The number of nitrogens with zero attached hydrogens (tertiary/aromatic N) is 4. The minimum absolute atomic E-state index is 0.0229. The number of carbonyl (C=O) groups is 4. The number of likely N-dealkylation sites (N-methyl/N-ethyl adjacent to an activating group) is 2. The third-order valence-corrected chi connectivity index (χ3v) is 10.0. The monoisotopic (exact) mass is 852 g/mol. The number of anilines is 2. The number of carbonyl (C=O) groups excluding carboxylic acids is 1. The molecule has 3 rings (SSSR count). The lowest BCUT2D eigenvalue weighted by atomic mass is 9.92. The van der Waals surface area contributed by atoms with Gasteiger partial charge in [0.05, 0.1) is 29.5 Å². The van der Waals surface area contributed by atoms with Crippen LogP contribution in [-0.2, 0) is 19.2 Å². The molecule has 14 nitrogen and oxygen atoms in total. The Kier molecular flexibility index (Phi) is 22.6. The number of hydrogen-bond donors (Lipinski definition) is 6. The first-order valence-corrected chi connectivity index (χ1v) is 20.4. The fraction of sp³-hybridized carbons (Fsp3) is 0.595. The van der Waals surface area contributed by atoms with Gasteiger partial charge in [-0.15, -0.1) is 11.8 Å². The SMILES string of the molecule is CN(C)CCNc1c(F)cccc1C1S[C@@H](CC(=O)O)C(=O)N1CCC(C)(C)C.CN(C)CCNc1c(F)cccc1C=NCCC(C)(C)C.O=C(O)C[C@H](O)C(=O)O. The van der Waals surface area contributed by atoms with E-state index in [-0.39, 0.29) is 34.8 Å². The molecule has 1 unspecified atom stereocenters. The lowest BCUT2D eigenvalue weighted by Crippen LogP contribution is -2.34. The van der Waals surface area contributed by atoms with E-state index in [4.69, 9.17) is 15.3 Å². The van der Waals surface area contributed by atoms with Crippen LogP contribution < -0.4 is 10.6 Å². The number of carboxylic acid groups (broad SMARTS) is 3. The second-order valence-corrected chi connectivity index (χ2v) is 18.4. The molecule has 3 atom stereocenters. The largest absolute Gasteiger partial charge is 0.481 e. The number of aliphatic imine (C=N–C) groups is 1. The van der Waals surface area contributed by atoms with Gasteiger partial charge in [-0.05, 0) is 64.0 Å². The Morgan fingerprint density at radius 1 is 0.847 bits per heavy atom. The van der Waals surface area contributed by atoms with Crippen molar-refractivity contribution < 1.29 is 48.4 Å². The maximum Gasteiger partial charge on any atom is 0.333 e. The molecule has 332 valence electrons. The van der Waals surface area contributed by atoms with Crippen molar-refractivity contribution in [1.29, 1.82) is 0 Å². The van der Waals surface area contributed by atoms with Gasteiger partial charge in [-0.2, -0.15) is 0 Å². The number of rotatable bonds is 19. The van der Waals surface area contributed by atoms with Crippen LogP contribution in [0.3, 0.4) is 0 Å². The van der Waals surface area contributed by atoms with Crippen LogP contribution in [0.4, 0.5) is 20.2 Å². The number of aliphatic carboxylic acids is 3. The van der Waals surface area contributed by atoms with Gasteiger partial charge in [0.25, 0.3) is 0 Å². The van der Waals surface area contributed by atoms with Gasteiger partial charge in [-0.25, -0.2) is 13.6 Å². The quantitative estimate of drug-likeness (QED) is 0.0874. The number of amides is 1. The molecule has 1 aliphatic rings. The van der Waals surface area contributed by atoms with Crippen LogP contribution in [0.25, 0.3) is 0 Å².